The summed E-state index contributed by atoms with van der Waals surface area (Å²) in [4.78, 5) is 8.02. The van der Waals surface area contributed by atoms with Crippen LogP contribution in [0.1, 0.15) is 33.4 Å². The molecule has 0 saturated heterocycles. The van der Waals surface area contributed by atoms with Gasteiger partial charge in [0.25, 0.3) is 0 Å². The second-order valence-corrected chi connectivity index (χ2v) is 8.37. The zero-order chi connectivity index (χ0) is 25.7. The molecule has 182 valence electrons. The number of rotatable bonds is 6. The van der Waals surface area contributed by atoms with Crippen molar-refractivity contribution in [2.24, 2.45) is 0 Å². The summed E-state index contributed by atoms with van der Waals surface area (Å²) in [5.41, 5.74) is 6.61. The van der Waals surface area contributed by atoms with Gasteiger partial charge in [0, 0.05) is 37.3 Å². The van der Waals surface area contributed by atoms with E-state index in [2.05, 4.69) is 58.5 Å². The van der Waals surface area contributed by atoms with Crippen molar-refractivity contribution < 1.29 is 10.2 Å². The lowest BCUT2D eigenvalue weighted by Crippen LogP contribution is -1.87. The average Bonchev–Trinajstić information content (AvgIpc) is 2.95. The van der Waals surface area contributed by atoms with Gasteiger partial charge in [-0.2, -0.15) is 0 Å². The van der Waals surface area contributed by atoms with Crippen molar-refractivity contribution in [2.45, 2.75) is 6.42 Å². The number of benzene rings is 3. The van der Waals surface area contributed by atoms with E-state index in [1.54, 1.807) is 36.9 Å². The van der Waals surface area contributed by atoms with Gasteiger partial charge in [0.05, 0.1) is 0 Å². The lowest BCUT2D eigenvalue weighted by Gasteiger charge is -2.04. The summed E-state index contributed by atoms with van der Waals surface area (Å²) < 4.78 is 0. The fraction of sp³-hybridized carbons (Fsp3) is 0.0303. The largest absolute Gasteiger partial charge is 0.508 e. The van der Waals surface area contributed by atoms with Crippen LogP contribution < -0.4 is 0 Å². The van der Waals surface area contributed by atoms with E-state index < -0.39 is 0 Å². The molecule has 2 heterocycles. The molecule has 3 aromatic carbocycles. The fourth-order valence-corrected chi connectivity index (χ4v) is 3.57. The van der Waals surface area contributed by atoms with Crippen LogP contribution in [0, 0.1) is 0 Å². The van der Waals surface area contributed by atoms with E-state index in [-0.39, 0.29) is 11.5 Å². The second kappa shape index (κ2) is 13.2. The number of pyridine rings is 2. The van der Waals surface area contributed by atoms with Gasteiger partial charge in [0.1, 0.15) is 11.5 Å². The Kier molecular flexibility index (Phi) is 8.98. The highest BCUT2D eigenvalue weighted by molar-refractivity contribution is 5.72. The quantitative estimate of drug-likeness (QED) is 0.262. The molecule has 0 spiro atoms. The summed E-state index contributed by atoms with van der Waals surface area (Å²) in [6, 6.07) is 31.0. The molecule has 0 fully saturated rings. The molecule has 4 heteroatoms. The number of aromatic hydroxyl groups is 2. The Balaban J connectivity index is 0.000000186. The van der Waals surface area contributed by atoms with Crippen molar-refractivity contribution in [2.75, 3.05) is 0 Å². The maximum atomic E-state index is 9.59. The minimum Gasteiger partial charge on any atom is -0.508 e. The molecule has 0 aliphatic rings. The van der Waals surface area contributed by atoms with Crippen LogP contribution in [-0.4, -0.2) is 20.2 Å². The molecule has 4 nitrogen and oxygen atoms in total. The van der Waals surface area contributed by atoms with Gasteiger partial charge >= 0.3 is 0 Å². The van der Waals surface area contributed by atoms with Crippen LogP contribution in [0.5, 0.6) is 11.5 Å². The minimum atomic E-state index is 0.0873. The van der Waals surface area contributed by atoms with Gasteiger partial charge in [0.15, 0.2) is 0 Å². The van der Waals surface area contributed by atoms with E-state index in [9.17, 15) is 5.11 Å². The first-order chi connectivity index (χ1) is 18.2. The molecule has 0 radical (unpaired) electrons. The highest BCUT2D eigenvalue weighted by atomic mass is 16.3. The van der Waals surface area contributed by atoms with E-state index >= 15 is 0 Å². The van der Waals surface area contributed by atoms with Gasteiger partial charge < -0.3 is 10.2 Å². The van der Waals surface area contributed by atoms with Crippen molar-refractivity contribution in [1.29, 1.82) is 0 Å². The lowest BCUT2D eigenvalue weighted by atomic mass is 10.0. The summed E-state index contributed by atoms with van der Waals surface area (Å²) in [6.07, 6.45) is 16.2. The second-order valence-electron chi connectivity index (χ2n) is 8.37. The third kappa shape index (κ3) is 8.34. The number of phenols is 2. The summed E-state index contributed by atoms with van der Waals surface area (Å²) >= 11 is 0. The van der Waals surface area contributed by atoms with Gasteiger partial charge in [-0.1, -0.05) is 85.0 Å². The number of hydrogen-bond donors (Lipinski definition) is 2. The molecule has 0 unspecified atom stereocenters. The summed E-state index contributed by atoms with van der Waals surface area (Å²) in [6.45, 7) is 0. The third-order valence-corrected chi connectivity index (χ3v) is 5.59. The van der Waals surface area contributed by atoms with Crippen LogP contribution in [0.3, 0.4) is 0 Å². The summed E-state index contributed by atoms with van der Waals surface area (Å²) in [7, 11) is 0. The van der Waals surface area contributed by atoms with Gasteiger partial charge in [-0.05, 0) is 63.7 Å². The predicted molar refractivity (Wildman–Crippen MR) is 152 cm³/mol. The van der Waals surface area contributed by atoms with Crippen molar-refractivity contribution in [1.82, 2.24) is 9.97 Å². The lowest BCUT2D eigenvalue weighted by molar-refractivity contribution is 0.447. The van der Waals surface area contributed by atoms with Crippen LogP contribution in [-0.2, 0) is 6.42 Å². The zero-order valence-corrected chi connectivity index (χ0v) is 20.4. The molecule has 2 N–H and O–H groups in total. The van der Waals surface area contributed by atoms with E-state index in [1.165, 1.54) is 17.2 Å². The molecule has 37 heavy (non-hydrogen) atoms. The molecule has 0 aliphatic carbocycles. The first-order valence-corrected chi connectivity index (χ1v) is 12.0. The molecule has 5 rings (SSSR count). The number of aromatic nitrogens is 2. The van der Waals surface area contributed by atoms with E-state index in [0.29, 0.717) is 6.42 Å². The van der Waals surface area contributed by atoms with Gasteiger partial charge in [-0.25, -0.2) is 0 Å². The summed E-state index contributed by atoms with van der Waals surface area (Å²) in [5, 5.41) is 18.7. The standard InChI is InChI=1S/C20H16N2.C13H12O2/c1-2-18(6-8-20-11-15-22-16-12-20)4-3-17(1)5-7-19-9-13-21-14-10-19;14-12-7-6-11(13(15)9-12)8-10-4-2-1-3-5-10/h1-16H;1-7,9,14-15H,8H2/b7-5+,8-6+;. The molecule has 0 saturated carbocycles. The topological polar surface area (TPSA) is 66.2 Å². The molecule has 2 aromatic heterocycles. The van der Waals surface area contributed by atoms with Crippen LogP contribution in [0.2, 0.25) is 0 Å². The van der Waals surface area contributed by atoms with E-state index in [1.807, 2.05) is 54.6 Å². The number of phenolic OH excluding ortho intramolecular Hbond substituents is 2. The first kappa shape index (κ1) is 25.1. The smallest absolute Gasteiger partial charge is 0.122 e. The monoisotopic (exact) mass is 484 g/mol. The SMILES string of the molecule is C(=C\c1ccc(/C=C/c2ccncc2)cc1)/c1ccncc1.Oc1ccc(Cc2ccccc2)c(O)c1. The van der Waals surface area contributed by atoms with Crippen molar-refractivity contribution >= 4 is 24.3 Å². The molecule has 0 atom stereocenters. The molecular weight excluding hydrogens is 456 g/mol. The maximum Gasteiger partial charge on any atom is 0.122 e. The molecule has 0 amide bonds. The van der Waals surface area contributed by atoms with E-state index in [4.69, 9.17) is 5.11 Å². The Morgan fingerprint density at radius 3 is 1.43 bits per heavy atom. The van der Waals surface area contributed by atoms with Gasteiger partial charge in [0.2, 0.25) is 0 Å². The maximum absolute atomic E-state index is 9.59. The number of nitrogens with zero attached hydrogens (tertiary/aromatic N) is 2. The van der Waals surface area contributed by atoms with Gasteiger partial charge in [-0.3, -0.25) is 9.97 Å². The van der Waals surface area contributed by atoms with Crippen molar-refractivity contribution in [3.05, 3.63) is 155 Å². The first-order valence-electron chi connectivity index (χ1n) is 12.0. The van der Waals surface area contributed by atoms with Crippen LogP contribution in [0.25, 0.3) is 24.3 Å². The van der Waals surface area contributed by atoms with E-state index in [0.717, 1.165) is 22.3 Å². The Hall–Kier alpha value is -4.96. The Morgan fingerprint density at radius 1 is 0.514 bits per heavy atom. The van der Waals surface area contributed by atoms with Gasteiger partial charge in [-0.15, -0.1) is 0 Å². The highest BCUT2D eigenvalue weighted by Crippen LogP contribution is 2.24. The Labute approximate surface area is 217 Å². The fourth-order valence-electron chi connectivity index (χ4n) is 3.57. The predicted octanol–water partition coefficient (Wildman–Crippen LogP) is 7.51. The Morgan fingerprint density at radius 2 is 0.973 bits per heavy atom. The number of hydrogen-bond acceptors (Lipinski definition) is 4. The Bertz CT molecular complexity index is 1360. The van der Waals surface area contributed by atoms with Crippen molar-refractivity contribution in [3.63, 3.8) is 0 Å². The summed E-state index contributed by atoms with van der Waals surface area (Å²) in [5.74, 6) is 0.225. The highest BCUT2D eigenvalue weighted by Gasteiger charge is 2.02. The average molecular weight is 485 g/mol. The third-order valence-electron chi connectivity index (χ3n) is 5.59. The van der Waals surface area contributed by atoms with Crippen LogP contribution in [0.15, 0.2) is 122 Å². The minimum absolute atomic E-state index is 0.0873. The molecule has 5 aromatic rings. The van der Waals surface area contributed by atoms with Crippen LogP contribution >= 0.6 is 0 Å². The zero-order valence-electron chi connectivity index (χ0n) is 20.4. The normalized spacial score (nSPS) is 10.8. The van der Waals surface area contributed by atoms with Crippen molar-refractivity contribution in [3.8, 4) is 11.5 Å². The molecular formula is C33H28N2O2. The molecule has 0 bridgehead atoms. The van der Waals surface area contributed by atoms with Crippen LogP contribution in [0.4, 0.5) is 0 Å². The molecule has 0 aliphatic heterocycles.